The largest absolute Gasteiger partial charge is 0.455 e. The van der Waals surface area contributed by atoms with Crippen molar-refractivity contribution in [2.75, 3.05) is 71.8 Å². The van der Waals surface area contributed by atoms with Crippen molar-refractivity contribution in [2.45, 2.75) is 25.5 Å². The second-order valence-electron chi connectivity index (χ2n) is 11.2. The normalized spacial score (nSPS) is 16.4. The van der Waals surface area contributed by atoms with E-state index in [1.807, 2.05) is 60.7 Å². The molecular formula is C33H41N5O6. The van der Waals surface area contributed by atoms with Crippen LogP contribution in [0.1, 0.15) is 29.2 Å². The number of amides is 3. The quantitative estimate of drug-likeness (QED) is 0.378. The first kappa shape index (κ1) is 31.1. The summed E-state index contributed by atoms with van der Waals surface area (Å²) in [5.41, 5.74) is 2.69. The van der Waals surface area contributed by atoms with Gasteiger partial charge in [0.1, 0.15) is 11.9 Å². The van der Waals surface area contributed by atoms with Gasteiger partial charge in [-0.05, 0) is 36.6 Å². The van der Waals surface area contributed by atoms with Gasteiger partial charge in [0.05, 0.1) is 19.3 Å². The van der Waals surface area contributed by atoms with E-state index in [0.29, 0.717) is 45.0 Å². The van der Waals surface area contributed by atoms with Crippen LogP contribution >= 0.6 is 0 Å². The summed E-state index contributed by atoms with van der Waals surface area (Å²) in [6.45, 7) is 6.07. The van der Waals surface area contributed by atoms with Crippen LogP contribution < -0.4 is 5.32 Å². The van der Waals surface area contributed by atoms with Gasteiger partial charge in [-0.3, -0.25) is 15.0 Å². The van der Waals surface area contributed by atoms with Gasteiger partial charge in [-0.2, -0.15) is 0 Å². The topological polar surface area (TPSA) is 108 Å². The van der Waals surface area contributed by atoms with E-state index in [0.717, 1.165) is 55.1 Å². The van der Waals surface area contributed by atoms with Crippen molar-refractivity contribution in [2.24, 2.45) is 0 Å². The molecule has 1 aromatic heterocycles. The minimum absolute atomic E-state index is 0.153. The summed E-state index contributed by atoms with van der Waals surface area (Å²) >= 11 is 0. The molecule has 3 amide bonds. The molecule has 2 fully saturated rings. The number of piperidine rings is 1. The Bertz CT molecular complexity index is 1400. The van der Waals surface area contributed by atoms with E-state index < -0.39 is 6.09 Å². The van der Waals surface area contributed by atoms with Crippen LogP contribution in [0.2, 0.25) is 0 Å². The maximum Gasteiger partial charge on any atom is 0.411 e. The lowest BCUT2D eigenvalue weighted by Gasteiger charge is -2.33. The van der Waals surface area contributed by atoms with Gasteiger partial charge in [-0.1, -0.05) is 48.5 Å². The molecular weight excluding hydrogens is 562 g/mol. The number of methoxy groups -OCH3 is 1. The molecule has 3 aromatic rings. The fourth-order valence-electron chi connectivity index (χ4n) is 5.60. The van der Waals surface area contributed by atoms with Crippen LogP contribution in [0.3, 0.4) is 0 Å². The van der Waals surface area contributed by atoms with Crippen LogP contribution in [-0.4, -0.2) is 110 Å². The number of carbonyl (C=O) groups is 3. The second kappa shape index (κ2) is 14.9. The highest BCUT2D eigenvalue weighted by atomic mass is 16.6. The zero-order valence-electron chi connectivity index (χ0n) is 25.4. The van der Waals surface area contributed by atoms with Gasteiger partial charge in [-0.25, -0.2) is 9.59 Å². The monoisotopic (exact) mass is 603 g/mol. The first-order chi connectivity index (χ1) is 21.4. The van der Waals surface area contributed by atoms with Crippen molar-refractivity contribution in [3.05, 3.63) is 78.3 Å². The van der Waals surface area contributed by atoms with Crippen molar-refractivity contribution in [1.82, 2.24) is 19.6 Å². The first-order valence-electron chi connectivity index (χ1n) is 15.1. The Kier molecular flexibility index (Phi) is 10.5. The number of ether oxygens (including phenoxy) is 2. The van der Waals surface area contributed by atoms with Crippen LogP contribution in [0, 0.1) is 0 Å². The van der Waals surface area contributed by atoms with Crippen molar-refractivity contribution < 1.29 is 28.3 Å². The molecule has 234 valence electrons. The maximum absolute atomic E-state index is 13.0. The zero-order valence-corrected chi connectivity index (χ0v) is 25.4. The van der Waals surface area contributed by atoms with E-state index in [4.69, 9.17) is 13.9 Å². The van der Waals surface area contributed by atoms with E-state index in [1.165, 1.54) is 7.11 Å². The zero-order chi connectivity index (χ0) is 30.9. The van der Waals surface area contributed by atoms with Gasteiger partial charge in [0, 0.05) is 65.0 Å². The molecule has 1 N–H and O–H groups in total. The first-order valence-corrected chi connectivity index (χ1v) is 15.1. The number of para-hydroxylation sites is 1. The summed E-state index contributed by atoms with van der Waals surface area (Å²) in [5.74, 6) is 0.892. The van der Waals surface area contributed by atoms with Gasteiger partial charge in [0.15, 0.2) is 5.76 Å². The third kappa shape index (κ3) is 8.18. The van der Waals surface area contributed by atoms with Gasteiger partial charge >= 0.3 is 12.2 Å². The Balaban J connectivity index is 1.01. The highest BCUT2D eigenvalue weighted by molar-refractivity contribution is 5.92. The molecule has 0 radical (unpaired) electrons. The number of hydrogen-bond donors (Lipinski definition) is 1. The number of hydrogen-bond acceptors (Lipinski definition) is 8. The minimum Gasteiger partial charge on any atom is -0.455 e. The number of piperazine rings is 1. The Labute approximate surface area is 258 Å². The number of nitrogens with one attached hydrogen (secondary N) is 1. The molecule has 0 unspecified atom stereocenters. The Morgan fingerprint density at radius 2 is 1.59 bits per heavy atom. The van der Waals surface area contributed by atoms with Gasteiger partial charge in [0.25, 0.3) is 5.91 Å². The van der Waals surface area contributed by atoms with Crippen molar-refractivity contribution >= 4 is 23.8 Å². The number of anilines is 1. The molecule has 44 heavy (non-hydrogen) atoms. The van der Waals surface area contributed by atoms with Crippen LogP contribution in [0.15, 0.2) is 71.1 Å². The number of likely N-dealkylation sites (N-methyl/N-ethyl adjacent to an activating group) is 1. The van der Waals surface area contributed by atoms with Crippen LogP contribution in [0.4, 0.5) is 15.3 Å². The predicted molar refractivity (Wildman–Crippen MR) is 166 cm³/mol. The number of benzene rings is 2. The molecule has 2 aliphatic rings. The minimum atomic E-state index is -0.446. The number of carbonyl (C=O) groups excluding carboxylic acids is 3. The van der Waals surface area contributed by atoms with Crippen LogP contribution in [-0.2, 0) is 16.0 Å². The van der Waals surface area contributed by atoms with Crippen molar-refractivity contribution in [3.8, 4) is 11.1 Å². The average molecular weight is 604 g/mol. The third-order valence-electron chi connectivity index (χ3n) is 8.21. The third-order valence-corrected chi connectivity index (χ3v) is 8.21. The number of likely N-dealkylation sites (tertiary alicyclic amines) is 1. The van der Waals surface area contributed by atoms with E-state index in [1.54, 1.807) is 22.9 Å². The lowest BCUT2D eigenvalue weighted by atomic mass is 10.0. The van der Waals surface area contributed by atoms with E-state index in [2.05, 4.69) is 15.1 Å². The fourth-order valence-corrected chi connectivity index (χ4v) is 5.60. The SMILES string of the molecule is COC(=O)N1CCN(Cc2ccc(C(=O)N(C)CCN3CCC(OC(=O)Nc4ccccc4-c4ccccc4)CC3)o2)CC1. The Morgan fingerprint density at radius 3 is 2.32 bits per heavy atom. The fraction of sp³-hybridized carbons (Fsp3) is 0.424. The molecule has 3 heterocycles. The van der Waals surface area contributed by atoms with Crippen LogP contribution in [0.25, 0.3) is 11.1 Å². The lowest BCUT2D eigenvalue weighted by Crippen LogP contribution is -2.48. The number of rotatable bonds is 9. The molecule has 0 saturated carbocycles. The predicted octanol–water partition coefficient (Wildman–Crippen LogP) is 4.62. The lowest BCUT2D eigenvalue weighted by molar-refractivity contribution is 0.0533. The summed E-state index contributed by atoms with van der Waals surface area (Å²) in [5, 5.41) is 2.92. The molecule has 2 aromatic carbocycles. The van der Waals surface area contributed by atoms with Crippen molar-refractivity contribution in [1.29, 1.82) is 0 Å². The molecule has 0 bridgehead atoms. The van der Waals surface area contributed by atoms with Crippen LogP contribution in [0.5, 0.6) is 0 Å². The Morgan fingerprint density at radius 1 is 0.886 bits per heavy atom. The van der Waals surface area contributed by atoms with E-state index >= 15 is 0 Å². The standard InChI is InChI=1S/C33H41N5O6/c1-35(31(39)30-13-12-27(43-30)24-37-20-22-38(23-21-37)33(41)42-2)18-19-36-16-14-26(15-17-36)44-32(40)34-29-11-7-6-10-28(29)25-8-4-3-5-9-25/h3-13,26H,14-24H2,1-2H3,(H,34,40). The van der Waals surface area contributed by atoms with Gasteiger partial charge < -0.3 is 28.6 Å². The molecule has 11 heteroatoms. The summed E-state index contributed by atoms with van der Waals surface area (Å²) in [6, 6.07) is 21.2. The average Bonchev–Trinajstić information content (AvgIpc) is 3.53. The van der Waals surface area contributed by atoms with E-state index in [-0.39, 0.29) is 18.1 Å². The smallest absolute Gasteiger partial charge is 0.411 e. The van der Waals surface area contributed by atoms with Gasteiger partial charge in [-0.15, -0.1) is 0 Å². The summed E-state index contributed by atoms with van der Waals surface area (Å²) < 4.78 is 16.4. The summed E-state index contributed by atoms with van der Waals surface area (Å²) in [7, 11) is 3.17. The molecule has 0 atom stereocenters. The molecule has 0 spiro atoms. The maximum atomic E-state index is 13.0. The molecule has 11 nitrogen and oxygen atoms in total. The number of nitrogens with zero attached hydrogens (tertiary/aromatic N) is 4. The second-order valence-corrected chi connectivity index (χ2v) is 11.2. The molecule has 2 aliphatic heterocycles. The highest BCUT2D eigenvalue weighted by Gasteiger charge is 2.25. The summed E-state index contributed by atoms with van der Waals surface area (Å²) in [4.78, 5) is 45.2. The molecule has 0 aliphatic carbocycles. The highest BCUT2D eigenvalue weighted by Crippen LogP contribution is 2.28. The van der Waals surface area contributed by atoms with Gasteiger partial charge in [0.2, 0.25) is 0 Å². The Hall–Kier alpha value is -4.35. The molecule has 2 saturated heterocycles. The molecule has 5 rings (SSSR count). The summed E-state index contributed by atoms with van der Waals surface area (Å²) in [6.07, 6.45) is 0.569. The van der Waals surface area contributed by atoms with Crippen molar-refractivity contribution in [3.63, 3.8) is 0 Å². The number of furan rings is 1. The van der Waals surface area contributed by atoms with E-state index in [9.17, 15) is 14.4 Å².